The summed E-state index contributed by atoms with van der Waals surface area (Å²) in [6.45, 7) is 0. The van der Waals surface area contributed by atoms with Gasteiger partial charge in [0.1, 0.15) is 9.79 Å². The Morgan fingerprint density at radius 1 is 1.00 bits per heavy atom. The highest BCUT2D eigenvalue weighted by atomic mass is 32.2. The number of nitro benzene ring substituents is 1. The molecule has 0 aromatic heterocycles. The number of hydrogen-bond donors (Lipinski definition) is 1. The van der Waals surface area contributed by atoms with Crippen LogP contribution in [0.3, 0.4) is 0 Å². The summed E-state index contributed by atoms with van der Waals surface area (Å²) in [5.41, 5.74) is -0.282. The number of sulfonamides is 2. The Morgan fingerprint density at radius 3 is 2.21 bits per heavy atom. The quantitative estimate of drug-likeness (QED) is 0.438. The van der Waals surface area contributed by atoms with Crippen molar-refractivity contribution in [3.63, 3.8) is 0 Å². The van der Waals surface area contributed by atoms with Gasteiger partial charge in [-0.05, 0) is 25.0 Å². The van der Waals surface area contributed by atoms with Crippen LogP contribution in [0, 0.1) is 10.1 Å². The van der Waals surface area contributed by atoms with E-state index in [0.29, 0.717) is 12.8 Å². The fourth-order valence-corrected chi connectivity index (χ4v) is 7.14. The van der Waals surface area contributed by atoms with E-state index < -0.39 is 47.1 Å². The first-order valence-corrected chi connectivity index (χ1v) is 13.3. The largest absolute Gasteiger partial charge is 0.274 e. The van der Waals surface area contributed by atoms with Crippen molar-refractivity contribution < 1.29 is 26.6 Å². The number of nitrogens with one attached hydrogen (secondary N) is 1. The third kappa shape index (κ3) is 5.57. The zero-order valence-corrected chi connectivity index (χ0v) is 19.6. The van der Waals surface area contributed by atoms with E-state index in [2.05, 4.69) is 0 Å². The normalized spacial score (nSPS) is 15.3. The summed E-state index contributed by atoms with van der Waals surface area (Å²) in [6.07, 6.45) is 3.64. The zero-order valence-electron chi connectivity index (χ0n) is 18.0. The van der Waals surface area contributed by atoms with E-state index in [1.54, 1.807) is 0 Å². The van der Waals surface area contributed by atoms with Gasteiger partial charge in [-0.15, -0.1) is 0 Å². The molecule has 2 aromatic rings. The smallest absolute Gasteiger partial charge is 0.273 e. The summed E-state index contributed by atoms with van der Waals surface area (Å²) < 4.78 is 55.5. The van der Waals surface area contributed by atoms with Crippen LogP contribution in [0.5, 0.6) is 0 Å². The predicted molar refractivity (Wildman–Crippen MR) is 120 cm³/mol. The molecule has 12 heteroatoms. The van der Waals surface area contributed by atoms with Crippen LogP contribution in [-0.2, 0) is 31.3 Å². The topological polar surface area (TPSA) is 144 Å². The highest BCUT2D eigenvalue weighted by molar-refractivity contribution is 7.92. The Hall–Kier alpha value is -2.83. The predicted octanol–water partition coefficient (Wildman–Crippen LogP) is 2.60. The van der Waals surface area contributed by atoms with Crippen LogP contribution in [0.25, 0.3) is 0 Å². The van der Waals surface area contributed by atoms with E-state index in [0.717, 1.165) is 25.3 Å². The average Bonchev–Trinajstić information content (AvgIpc) is 2.79. The van der Waals surface area contributed by atoms with Crippen LogP contribution in [-0.4, -0.2) is 45.1 Å². The fourth-order valence-electron chi connectivity index (χ4n) is 3.93. The number of nitrogens with zero attached hydrogens (tertiary/aromatic N) is 2. The molecular formula is C21H25N3O7S2. The van der Waals surface area contributed by atoms with Crippen molar-refractivity contribution in [2.45, 2.75) is 54.4 Å². The number of carbonyl (C=O) groups is 1. The lowest BCUT2D eigenvalue weighted by molar-refractivity contribution is -0.385. The number of benzene rings is 2. The molecule has 0 atom stereocenters. The molecule has 0 bridgehead atoms. The van der Waals surface area contributed by atoms with Crippen LogP contribution in [0.15, 0.2) is 58.3 Å². The van der Waals surface area contributed by atoms with Crippen molar-refractivity contribution in [2.24, 2.45) is 0 Å². The second-order valence-corrected chi connectivity index (χ2v) is 11.5. The number of rotatable bonds is 8. The minimum Gasteiger partial charge on any atom is -0.274 e. The molecule has 1 saturated carbocycles. The number of carbonyl (C=O) groups excluding carboxylic acids is 1. The van der Waals surface area contributed by atoms with Crippen molar-refractivity contribution in [1.29, 1.82) is 0 Å². The summed E-state index contributed by atoms with van der Waals surface area (Å²) in [5, 5.41) is 11.1. The van der Waals surface area contributed by atoms with Crippen molar-refractivity contribution in [3.8, 4) is 0 Å². The third-order valence-corrected chi connectivity index (χ3v) is 9.20. The standard InChI is InChI=1S/C21H25N3O7S2/c1-23(17-10-3-2-4-11-17)33(30,31)20-14-8-7-13-19(20)32(28,29)22-21(25)15-16-9-5-6-12-18(16)24(26)27/h5-9,12-14,17H,2-4,10-11,15H2,1H3,(H,22,25). The first-order valence-electron chi connectivity index (χ1n) is 10.4. The van der Waals surface area contributed by atoms with Gasteiger partial charge in [-0.1, -0.05) is 49.6 Å². The zero-order chi connectivity index (χ0) is 24.2. The highest BCUT2D eigenvalue weighted by Crippen LogP contribution is 2.29. The molecule has 1 aliphatic carbocycles. The number of hydrogen-bond acceptors (Lipinski definition) is 7. The molecule has 1 amide bonds. The molecule has 3 rings (SSSR count). The maximum absolute atomic E-state index is 13.3. The Morgan fingerprint density at radius 2 is 1.58 bits per heavy atom. The molecule has 0 heterocycles. The summed E-state index contributed by atoms with van der Waals surface area (Å²) >= 11 is 0. The lowest BCUT2D eigenvalue weighted by Gasteiger charge is -2.30. The van der Waals surface area contributed by atoms with Crippen molar-refractivity contribution in [2.75, 3.05) is 7.05 Å². The van der Waals surface area contributed by atoms with E-state index in [1.165, 1.54) is 53.8 Å². The maximum atomic E-state index is 13.3. The Kier molecular flexibility index (Phi) is 7.50. The number of nitro groups is 1. The van der Waals surface area contributed by atoms with Crippen LogP contribution >= 0.6 is 0 Å². The minimum atomic E-state index is -4.57. The van der Waals surface area contributed by atoms with Crippen molar-refractivity contribution in [1.82, 2.24) is 9.03 Å². The van der Waals surface area contributed by atoms with E-state index in [-0.39, 0.29) is 17.3 Å². The lowest BCUT2D eigenvalue weighted by Crippen LogP contribution is -2.39. The van der Waals surface area contributed by atoms with Gasteiger partial charge in [0.15, 0.2) is 0 Å². The molecule has 178 valence electrons. The fraction of sp³-hybridized carbons (Fsp3) is 0.381. The van der Waals surface area contributed by atoms with E-state index in [4.69, 9.17) is 0 Å². The number of para-hydroxylation sites is 1. The second-order valence-electron chi connectivity index (χ2n) is 7.85. The second kappa shape index (κ2) is 9.98. The molecule has 0 radical (unpaired) electrons. The van der Waals surface area contributed by atoms with Gasteiger partial charge < -0.3 is 0 Å². The molecule has 1 fully saturated rings. The average molecular weight is 496 g/mol. The van der Waals surface area contributed by atoms with E-state index in [1.807, 2.05) is 4.72 Å². The van der Waals surface area contributed by atoms with Gasteiger partial charge in [0.25, 0.3) is 15.7 Å². The number of amides is 1. The van der Waals surface area contributed by atoms with Gasteiger partial charge in [0.05, 0.1) is 11.3 Å². The van der Waals surface area contributed by atoms with Gasteiger partial charge in [-0.25, -0.2) is 21.6 Å². The Bertz CT molecular complexity index is 1250. The van der Waals surface area contributed by atoms with Gasteiger partial charge in [-0.2, -0.15) is 4.31 Å². The van der Waals surface area contributed by atoms with Crippen LogP contribution in [0.4, 0.5) is 5.69 Å². The summed E-state index contributed by atoms with van der Waals surface area (Å²) in [7, 11) is -7.29. The molecule has 2 aromatic carbocycles. The Balaban J connectivity index is 1.87. The minimum absolute atomic E-state index is 0.0353. The first kappa shape index (κ1) is 24.8. The first-order chi connectivity index (χ1) is 15.5. The maximum Gasteiger partial charge on any atom is 0.273 e. The molecule has 0 aliphatic heterocycles. The van der Waals surface area contributed by atoms with Crippen LogP contribution in [0.2, 0.25) is 0 Å². The van der Waals surface area contributed by atoms with Crippen molar-refractivity contribution >= 4 is 31.6 Å². The summed E-state index contributed by atoms with van der Waals surface area (Å²) in [4.78, 5) is 21.9. The van der Waals surface area contributed by atoms with E-state index in [9.17, 15) is 31.7 Å². The van der Waals surface area contributed by atoms with Crippen molar-refractivity contribution in [3.05, 3.63) is 64.2 Å². The third-order valence-electron chi connectivity index (χ3n) is 5.67. The molecule has 1 aliphatic rings. The molecule has 10 nitrogen and oxygen atoms in total. The molecule has 0 saturated heterocycles. The Labute approximate surface area is 192 Å². The monoisotopic (exact) mass is 495 g/mol. The SMILES string of the molecule is CN(C1CCCCC1)S(=O)(=O)c1ccccc1S(=O)(=O)NC(=O)Cc1ccccc1[N+](=O)[O-]. The molecule has 0 unspecified atom stereocenters. The molecular weight excluding hydrogens is 470 g/mol. The molecule has 1 N–H and O–H groups in total. The van der Waals surface area contributed by atoms with Crippen LogP contribution in [0.1, 0.15) is 37.7 Å². The van der Waals surface area contributed by atoms with Gasteiger partial charge in [0, 0.05) is 24.7 Å². The summed E-state index contributed by atoms with van der Waals surface area (Å²) in [5.74, 6) is -1.02. The van der Waals surface area contributed by atoms with Crippen LogP contribution < -0.4 is 4.72 Å². The van der Waals surface area contributed by atoms with Gasteiger partial charge in [-0.3, -0.25) is 14.9 Å². The highest BCUT2D eigenvalue weighted by Gasteiger charge is 2.34. The van der Waals surface area contributed by atoms with Gasteiger partial charge in [0.2, 0.25) is 15.9 Å². The molecule has 0 spiro atoms. The van der Waals surface area contributed by atoms with E-state index >= 15 is 0 Å². The lowest BCUT2D eigenvalue weighted by atomic mass is 9.96. The molecule has 33 heavy (non-hydrogen) atoms. The summed E-state index contributed by atoms with van der Waals surface area (Å²) in [6, 6.07) is 10.3. The van der Waals surface area contributed by atoms with Gasteiger partial charge >= 0.3 is 0 Å².